The molecule has 5 nitrogen and oxygen atoms in total. The Morgan fingerprint density at radius 2 is 2.10 bits per heavy atom. The predicted octanol–water partition coefficient (Wildman–Crippen LogP) is 3.36. The highest BCUT2D eigenvalue weighted by atomic mass is 35.5. The fourth-order valence-electron chi connectivity index (χ4n) is 2.35. The van der Waals surface area contributed by atoms with Gasteiger partial charge < -0.3 is 4.98 Å². The number of sulfone groups is 1. The normalized spacial score (nSPS) is 12.4. The Bertz CT molecular complexity index is 1080. The van der Waals surface area contributed by atoms with Gasteiger partial charge in [0.2, 0.25) is 9.84 Å². The van der Waals surface area contributed by atoms with Crippen molar-refractivity contribution in [3.05, 3.63) is 47.2 Å². The van der Waals surface area contributed by atoms with E-state index < -0.39 is 9.84 Å². The first-order chi connectivity index (χ1) is 10.1. The molecule has 0 saturated carbocycles. The van der Waals surface area contributed by atoms with Crippen molar-refractivity contribution in [3.63, 3.8) is 0 Å². The number of rotatable bonds is 2. The minimum atomic E-state index is -3.76. The Labute approximate surface area is 128 Å². The Kier molecular flexibility index (Phi) is 2.66. The number of fused-ring (bicyclic) bond motifs is 2. The Hall–Kier alpha value is -1.83. The smallest absolute Gasteiger partial charge is 0.227 e. The van der Waals surface area contributed by atoms with Crippen LogP contribution in [-0.4, -0.2) is 22.8 Å². The van der Waals surface area contributed by atoms with Crippen LogP contribution < -0.4 is 0 Å². The van der Waals surface area contributed by atoms with Gasteiger partial charge in [0.05, 0.1) is 4.90 Å². The molecule has 0 fully saturated rings. The standard InChI is InChI=1S/C13H8ClN3O2S2/c14-11-12(17-5-6-20-13(17)16-11)21(18,19)10-7-15-9-4-2-1-3-8(9)10/h1-7,15H. The highest BCUT2D eigenvalue weighted by Gasteiger charge is 2.29. The van der Waals surface area contributed by atoms with Crippen molar-refractivity contribution in [1.29, 1.82) is 0 Å². The monoisotopic (exact) mass is 337 g/mol. The molecule has 0 bridgehead atoms. The summed E-state index contributed by atoms with van der Waals surface area (Å²) in [5, 5.41) is 2.41. The Morgan fingerprint density at radius 1 is 1.29 bits per heavy atom. The lowest BCUT2D eigenvalue weighted by Crippen LogP contribution is -2.04. The maximum atomic E-state index is 12.9. The second-order valence-corrected chi connectivity index (χ2v) is 7.53. The molecule has 3 aromatic heterocycles. The van der Waals surface area contributed by atoms with E-state index in [4.69, 9.17) is 11.6 Å². The van der Waals surface area contributed by atoms with Gasteiger partial charge in [0.25, 0.3) is 0 Å². The van der Waals surface area contributed by atoms with E-state index in [9.17, 15) is 8.42 Å². The number of aromatic amines is 1. The summed E-state index contributed by atoms with van der Waals surface area (Å²) >= 11 is 7.38. The third-order valence-corrected chi connectivity index (χ3v) is 6.22. The summed E-state index contributed by atoms with van der Waals surface area (Å²) in [6.45, 7) is 0. The van der Waals surface area contributed by atoms with E-state index >= 15 is 0 Å². The number of benzene rings is 1. The summed E-state index contributed by atoms with van der Waals surface area (Å²) in [5.41, 5.74) is 0.762. The maximum absolute atomic E-state index is 12.9. The number of imidazole rings is 1. The molecule has 0 unspecified atom stereocenters. The molecule has 21 heavy (non-hydrogen) atoms. The van der Waals surface area contributed by atoms with Crippen LogP contribution in [0.25, 0.3) is 15.9 Å². The van der Waals surface area contributed by atoms with Crippen LogP contribution in [0.3, 0.4) is 0 Å². The number of para-hydroxylation sites is 1. The fraction of sp³-hybridized carbons (Fsp3) is 0. The summed E-state index contributed by atoms with van der Waals surface area (Å²) in [7, 11) is -3.76. The summed E-state index contributed by atoms with van der Waals surface area (Å²) in [5.74, 6) is 0. The molecule has 4 rings (SSSR count). The number of H-pyrrole nitrogens is 1. The minimum absolute atomic E-state index is 0.00479. The van der Waals surface area contributed by atoms with Crippen LogP contribution in [0.2, 0.25) is 5.15 Å². The second-order valence-electron chi connectivity index (χ2n) is 4.47. The van der Waals surface area contributed by atoms with Gasteiger partial charge in [-0.15, -0.1) is 11.3 Å². The van der Waals surface area contributed by atoms with Gasteiger partial charge in [0, 0.05) is 28.7 Å². The van der Waals surface area contributed by atoms with Gasteiger partial charge in [-0.3, -0.25) is 4.40 Å². The molecule has 3 heterocycles. The van der Waals surface area contributed by atoms with E-state index in [1.165, 1.54) is 21.9 Å². The molecule has 8 heteroatoms. The van der Waals surface area contributed by atoms with Crippen molar-refractivity contribution in [3.8, 4) is 0 Å². The second kappa shape index (κ2) is 4.33. The number of nitrogens with zero attached hydrogens (tertiary/aromatic N) is 2. The number of hydrogen-bond acceptors (Lipinski definition) is 4. The van der Waals surface area contributed by atoms with Gasteiger partial charge in [-0.05, 0) is 6.07 Å². The molecule has 0 aliphatic heterocycles. The van der Waals surface area contributed by atoms with Crippen molar-refractivity contribution in [1.82, 2.24) is 14.4 Å². The topological polar surface area (TPSA) is 67.2 Å². The lowest BCUT2D eigenvalue weighted by atomic mass is 10.2. The molecule has 0 spiro atoms. The number of hydrogen-bond donors (Lipinski definition) is 1. The lowest BCUT2D eigenvalue weighted by molar-refractivity contribution is 0.592. The average molecular weight is 338 g/mol. The molecule has 0 aliphatic rings. The zero-order valence-corrected chi connectivity index (χ0v) is 12.8. The van der Waals surface area contributed by atoms with Crippen LogP contribution in [0.15, 0.2) is 52.0 Å². The lowest BCUT2D eigenvalue weighted by Gasteiger charge is -2.02. The third kappa shape index (κ3) is 1.75. The van der Waals surface area contributed by atoms with Crippen LogP contribution in [0.4, 0.5) is 0 Å². The highest BCUT2D eigenvalue weighted by molar-refractivity contribution is 7.91. The van der Waals surface area contributed by atoms with E-state index in [2.05, 4.69) is 9.97 Å². The van der Waals surface area contributed by atoms with Gasteiger partial charge in [-0.1, -0.05) is 29.8 Å². The molecule has 4 aromatic rings. The number of thiazole rings is 1. The molecular weight excluding hydrogens is 330 g/mol. The predicted molar refractivity (Wildman–Crippen MR) is 81.8 cm³/mol. The Morgan fingerprint density at radius 3 is 2.95 bits per heavy atom. The van der Waals surface area contributed by atoms with E-state index in [1.807, 2.05) is 12.1 Å². The summed E-state index contributed by atoms with van der Waals surface area (Å²) in [6.07, 6.45) is 3.14. The molecular formula is C13H8ClN3O2S2. The summed E-state index contributed by atoms with van der Waals surface area (Å²) < 4.78 is 27.4. The first kappa shape index (κ1) is 12.9. The summed E-state index contributed by atoms with van der Waals surface area (Å²) in [6, 6.07) is 7.23. The van der Waals surface area contributed by atoms with Crippen LogP contribution in [0, 0.1) is 0 Å². The molecule has 1 N–H and O–H groups in total. The first-order valence-corrected chi connectivity index (χ1v) is 8.75. The van der Waals surface area contributed by atoms with Crippen molar-refractivity contribution >= 4 is 48.6 Å². The minimum Gasteiger partial charge on any atom is -0.360 e. The molecule has 106 valence electrons. The molecule has 0 atom stereocenters. The quantitative estimate of drug-likeness (QED) is 0.610. The number of aromatic nitrogens is 3. The van der Waals surface area contributed by atoms with Crippen molar-refractivity contribution in [2.75, 3.05) is 0 Å². The number of nitrogens with one attached hydrogen (secondary N) is 1. The molecule has 0 amide bonds. The van der Waals surface area contributed by atoms with E-state index in [1.54, 1.807) is 23.7 Å². The van der Waals surface area contributed by atoms with Gasteiger partial charge in [0.15, 0.2) is 15.1 Å². The van der Waals surface area contributed by atoms with Gasteiger partial charge in [0.1, 0.15) is 0 Å². The zero-order valence-electron chi connectivity index (χ0n) is 10.4. The molecule has 0 aliphatic carbocycles. The first-order valence-electron chi connectivity index (χ1n) is 6.01. The van der Waals surface area contributed by atoms with Crippen LogP contribution in [0.5, 0.6) is 0 Å². The number of halogens is 1. The zero-order chi connectivity index (χ0) is 14.6. The van der Waals surface area contributed by atoms with Crippen molar-refractivity contribution in [2.24, 2.45) is 0 Å². The van der Waals surface area contributed by atoms with E-state index in [-0.39, 0.29) is 15.1 Å². The van der Waals surface area contributed by atoms with Crippen LogP contribution in [0.1, 0.15) is 0 Å². The third-order valence-electron chi connectivity index (χ3n) is 3.27. The highest BCUT2D eigenvalue weighted by Crippen LogP contribution is 2.33. The average Bonchev–Trinajstić information content (AvgIpc) is 3.10. The SMILES string of the molecule is O=S(=O)(c1c[nH]c2ccccc12)c1c(Cl)nc2sccn12. The van der Waals surface area contributed by atoms with Crippen LogP contribution >= 0.6 is 22.9 Å². The van der Waals surface area contributed by atoms with Crippen LogP contribution in [-0.2, 0) is 9.84 Å². The maximum Gasteiger partial charge on any atom is 0.227 e. The largest absolute Gasteiger partial charge is 0.360 e. The van der Waals surface area contributed by atoms with Crippen molar-refractivity contribution in [2.45, 2.75) is 9.92 Å². The van der Waals surface area contributed by atoms with E-state index in [0.29, 0.717) is 10.3 Å². The van der Waals surface area contributed by atoms with Gasteiger partial charge in [-0.25, -0.2) is 13.4 Å². The summed E-state index contributed by atoms with van der Waals surface area (Å²) in [4.78, 5) is 7.81. The van der Waals surface area contributed by atoms with Crippen molar-refractivity contribution < 1.29 is 8.42 Å². The Balaban J connectivity index is 2.07. The molecule has 1 aromatic carbocycles. The fourth-order valence-corrected chi connectivity index (χ4v) is 5.21. The van der Waals surface area contributed by atoms with Gasteiger partial charge in [-0.2, -0.15) is 0 Å². The van der Waals surface area contributed by atoms with Gasteiger partial charge >= 0.3 is 0 Å². The molecule has 0 saturated heterocycles. The van der Waals surface area contributed by atoms with E-state index in [0.717, 1.165) is 5.52 Å². The molecule has 0 radical (unpaired) electrons.